The molecule has 0 fully saturated rings. The maximum Gasteiger partial charge on any atom is 0.264 e. The average Bonchev–Trinajstić information content (AvgIpc) is 3.11. The third kappa shape index (κ3) is 5.51. The second-order valence-corrected chi connectivity index (χ2v) is 6.39. The molecule has 1 N–H and O–H groups in total. The predicted molar refractivity (Wildman–Crippen MR) is 103 cm³/mol. The highest BCUT2D eigenvalue weighted by atomic mass is 16.5. The van der Waals surface area contributed by atoms with E-state index in [2.05, 4.69) is 15.5 Å². The summed E-state index contributed by atoms with van der Waals surface area (Å²) in [6.07, 6.45) is 0.293. The quantitative estimate of drug-likeness (QED) is 0.597. The van der Waals surface area contributed by atoms with Crippen molar-refractivity contribution in [1.82, 2.24) is 10.1 Å². The van der Waals surface area contributed by atoms with Crippen molar-refractivity contribution < 1.29 is 18.8 Å². The molecule has 0 saturated carbocycles. The van der Waals surface area contributed by atoms with E-state index in [0.29, 0.717) is 28.7 Å². The first-order chi connectivity index (χ1) is 13.5. The zero-order valence-electron chi connectivity index (χ0n) is 15.8. The topological polar surface area (TPSA) is 94.3 Å². The molecule has 0 unspecified atom stereocenters. The van der Waals surface area contributed by atoms with Gasteiger partial charge in [0.2, 0.25) is 5.91 Å². The predicted octanol–water partition coefficient (Wildman–Crippen LogP) is 3.87. The number of hydrogen-bond acceptors (Lipinski definition) is 6. The third-order valence-electron chi connectivity index (χ3n) is 4.02. The maximum absolute atomic E-state index is 12.1. The number of aryl methyl sites for hydroxylation is 2. The fourth-order valence-corrected chi connectivity index (χ4v) is 2.51. The van der Waals surface area contributed by atoms with Crippen molar-refractivity contribution in [1.29, 1.82) is 0 Å². The summed E-state index contributed by atoms with van der Waals surface area (Å²) in [5.74, 6) is 1.31. The number of carbonyl (C=O) groups excluding carboxylic acids is 2. The molecule has 0 aliphatic rings. The number of amides is 1. The molecule has 2 aromatic carbocycles. The molecule has 28 heavy (non-hydrogen) atoms. The Labute approximate surface area is 162 Å². The van der Waals surface area contributed by atoms with Gasteiger partial charge in [0, 0.05) is 24.1 Å². The van der Waals surface area contributed by atoms with Crippen molar-refractivity contribution in [2.45, 2.75) is 33.3 Å². The maximum atomic E-state index is 12.1. The van der Waals surface area contributed by atoms with E-state index in [1.807, 2.05) is 19.1 Å². The van der Waals surface area contributed by atoms with Crippen LogP contribution in [0.25, 0.3) is 0 Å². The molecule has 0 aliphatic carbocycles. The zero-order valence-corrected chi connectivity index (χ0v) is 15.8. The fraction of sp³-hybridized carbons (Fsp3) is 0.238. The summed E-state index contributed by atoms with van der Waals surface area (Å²) in [6.45, 7) is 3.87. The number of anilines is 1. The zero-order chi connectivity index (χ0) is 19.9. The molecule has 1 heterocycles. The van der Waals surface area contributed by atoms with Gasteiger partial charge in [0.1, 0.15) is 5.75 Å². The lowest BCUT2D eigenvalue weighted by molar-refractivity contribution is -0.116. The fourth-order valence-electron chi connectivity index (χ4n) is 2.51. The average molecular weight is 379 g/mol. The first kappa shape index (κ1) is 19.3. The molecule has 7 heteroatoms. The van der Waals surface area contributed by atoms with Crippen LogP contribution in [0.15, 0.2) is 53.1 Å². The van der Waals surface area contributed by atoms with Gasteiger partial charge < -0.3 is 14.6 Å². The Kier molecular flexibility index (Phi) is 6.16. The summed E-state index contributed by atoms with van der Waals surface area (Å²) in [5.41, 5.74) is 2.35. The monoisotopic (exact) mass is 379 g/mol. The van der Waals surface area contributed by atoms with Gasteiger partial charge in [-0.2, -0.15) is 4.98 Å². The highest BCUT2D eigenvalue weighted by molar-refractivity contribution is 6.00. The SMILES string of the molecule is Cc1ccc(C(=O)CCC(=O)Nc2ccc(OCc3nc(C)no3)cc2)cc1. The van der Waals surface area contributed by atoms with Crippen LogP contribution < -0.4 is 10.1 Å². The molecule has 0 radical (unpaired) electrons. The second kappa shape index (κ2) is 8.94. The molecule has 0 atom stereocenters. The number of ether oxygens (including phenoxy) is 1. The van der Waals surface area contributed by atoms with Gasteiger partial charge in [-0.3, -0.25) is 9.59 Å². The van der Waals surface area contributed by atoms with Gasteiger partial charge in [-0.1, -0.05) is 35.0 Å². The van der Waals surface area contributed by atoms with Crippen molar-refractivity contribution >= 4 is 17.4 Å². The minimum Gasteiger partial charge on any atom is -0.484 e. The number of hydrogen-bond donors (Lipinski definition) is 1. The van der Waals surface area contributed by atoms with Crippen LogP contribution in [0.4, 0.5) is 5.69 Å². The largest absolute Gasteiger partial charge is 0.484 e. The second-order valence-electron chi connectivity index (χ2n) is 6.39. The summed E-state index contributed by atoms with van der Waals surface area (Å²) in [6, 6.07) is 14.3. The molecule has 0 aliphatic heterocycles. The van der Waals surface area contributed by atoms with Crippen molar-refractivity contribution in [3.63, 3.8) is 0 Å². The van der Waals surface area contributed by atoms with E-state index in [9.17, 15) is 9.59 Å². The summed E-state index contributed by atoms with van der Waals surface area (Å²) >= 11 is 0. The van der Waals surface area contributed by atoms with Gasteiger partial charge in [-0.15, -0.1) is 0 Å². The Morgan fingerprint density at radius 1 is 1.00 bits per heavy atom. The summed E-state index contributed by atoms with van der Waals surface area (Å²) in [7, 11) is 0. The molecule has 0 bridgehead atoms. The lowest BCUT2D eigenvalue weighted by Crippen LogP contribution is -2.13. The highest BCUT2D eigenvalue weighted by Gasteiger charge is 2.10. The first-order valence-corrected chi connectivity index (χ1v) is 8.91. The normalized spacial score (nSPS) is 10.5. The molecule has 0 saturated heterocycles. The lowest BCUT2D eigenvalue weighted by atomic mass is 10.0. The number of benzene rings is 2. The molecular formula is C21H21N3O4. The number of aromatic nitrogens is 2. The van der Waals surface area contributed by atoms with E-state index in [1.54, 1.807) is 43.3 Å². The molecular weight excluding hydrogens is 358 g/mol. The van der Waals surface area contributed by atoms with Crippen LogP contribution in [0.1, 0.15) is 40.5 Å². The Bertz CT molecular complexity index is 947. The van der Waals surface area contributed by atoms with Gasteiger partial charge in [-0.05, 0) is 38.1 Å². The third-order valence-corrected chi connectivity index (χ3v) is 4.02. The van der Waals surface area contributed by atoms with Crippen LogP contribution in [0.2, 0.25) is 0 Å². The lowest BCUT2D eigenvalue weighted by Gasteiger charge is -2.07. The van der Waals surface area contributed by atoms with E-state index >= 15 is 0 Å². The number of nitrogens with one attached hydrogen (secondary N) is 1. The van der Waals surface area contributed by atoms with E-state index in [4.69, 9.17) is 9.26 Å². The Balaban J connectivity index is 1.44. The highest BCUT2D eigenvalue weighted by Crippen LogP contribution is 2.17. The molecule has 1 aromatic heterocycles. The first-order valence-electron chi connectivity index (χ1n) is 8.91. The molecule has 3 aromatic rings. The van der Waals surface area contributed by atoms with Crippen LogP contribution in [0.3, 0.4) is 0 Å². The molecule has 7 nitrogen and oxygen atoms in total. The van der Waals surface area contributed by atoms with Gasteiger partial charge in [0.05, 0.1) is 0 Å². The van der Waals surface area contributed by atoms with Crippen molar-refractivity contribution in [2.75, 3.05) is 5.32 Å². The van der Waals surface area contributed by atoms with E-state index < -0.39 is 0 Å². The number of nitrogens with zero attached hydrogens (tertiary/aromatic N) is 2. The van der Waals surface area contributed by atoms with Crippen molar-refractivity contribution in [3.8, 4) is 5.75 Å². The molecule has 1 amide bonds. The van der Waals surface area contributed by atoms with Crippen LogP contribution in [-0.2, 0) is 11.4 Å². The number of ketones is 1. The Morgan fingerprint density at radius 2 is 1.71 bits per heavy atom. The Morgan fingerprint density at radius 3 is 2.36 bits per heavy atom. The standard InChI is InChI=1S/C21H21N3O4/c1-14-3-5-16(6-4-14)19(25)11-12-20(26)23-17-7-9-18(10-8-17)27-13-21-22-15(2)24-28-21/h3-10H,11-13H2,1-2H3,(H,23,26). The van der Waals surface area contributed by atoms with Crippen molar-refractivity contribution in [3.05, 3.63) is 71.4 Å². The minimum atomic E-state index is -0.213. The molecule has 144 valence electrons. The van der Waals surface area contributed by atoms with Crippen LogP contribution in [0.5, 0.6) is 5.75 Å². The van der Waals surface area contributed by atoms with Crippen LogP contribution in [0, 0.1) is 13.8 Å². The van der Waals surface area contributed by atoms with E-state index in [0.717, 1.165) is 5.56 Å². The van der Waals surface area contributed by atoms with E-state index in [-0.39, 0.29) is 31.1 Å². The van der Waals surface area contributed by atoms with Crippen LogP contribution in [-0.4, -0.2) is 21.8 Å². The number of rotatable bonds is 8. The summed E-state index contributed by atoms with van der Waals surface area (Å²) < 4.78 is 10.5. The smallest absolute Gasteiger partial charge is 0.264 e. The van der Waals surface area contributed by atoms with Crippen molar-refractivity contribution in [2.24, 2.45) is 0 Å². The Hall–Kier alpha value is -3.48. The molecule has 0 spiro atoms. The minimum absolute atomic E-state index is 0.0461. The number of Topliss-reactive ketones (excluding diaryl/α,β-unsaturated/α-hetero) is 1. The summed E-state index contributed by atoms with van der Waals surface area (Å²) in [5, 5.41) is 6.47. The van der Waals surface area contributed by atoms with Gasteiger partial charge >= 0.3 is 0 Å². The van der Waals surface area contributed by atoms with E-state index in [1.165, 1.54) is 0 Å². The van der Waals surface area contributed by atoms with Gasteiger partial charge in [0.15, 0.2) is 18.2 Å². The summed E-state index contributed by atoms with van der Waals surface area (Å²) in [4.78, 5) is 28.3. The molecule has 3 rings (SSSR count). The van der Waals surface area contributed by atoms with Gasteiger partial charge in [-0.25, -0.2) is 0 Å². The van der Waals surface area contributed by atoms with Gasteiger partial charge in [0.25, 0.3) is 5.89 Å². The van der Waals surface area contributed by atoms with Crippen LogP contribution >= 0.6 is 0 Å². The number of carbonyl (C=O) groups is 2.